The van der Waals surface area contributed by atoms with Gasteiger partial charge in [-0.15, -0.1) is 0 Å². The van der Waals surface area contributed by atoms with E-state index in [1.165, 1.54) is 24.3 Å². The van der Waals surface area contributed by atoms with Crippen molar-refractivity contribution in [2.75, 3.05) is 6.61 Å². The van der Waals surface area contributed by atoms with E-state index >= 15 is 0 Å². The maximum absolute atomic E-state index is 12.5. The van der Waals surface area contributed by atoms with E-state index < -0.39 is 28.5 Å². The van der Waals surface area contributed by atoms with Crippen LogP contribution in [0, 0.1) is 0 Å². The molecule has 2 rings (SSSR count). The summed E-state index contributed by atoms with van der Waals surface area (Å²) in [5.41, 5.74) is 0.868. The molecule has 0 aliphatic heterocycles. The molecule has 2 aromatic carbocycles. The first kappa shape index (κ1) is 21.6. The molecule has 2 N–H and O–H groups in total. The molecular weight excluding hydrogens is 380 g/mol. The normalized spacial score (nSPS) is 12.2. The molecule has 0 radical (unpaired) electrons. The zero-order valence-corrected chi connectivity index (χ0v) is 16.7. The van der Waals surface area contributed by atoms with E-state index in [-0.39, 0.29) is 23.0 Å². The Morgan fingerprint density at radius 1 is 1.07 bits per heavy atom. The second kappa shape index (κ2) is 10.0. The molecule has 28 heavy (non-hydrogen) atoms. The van der Waals surface area contributed by atoms with E-state index in [1.807, 2.05) is 32.0 Å². The van der Waals surface area contributed by atoms with Gasteiger partial charge in [-0.1, -0.05) is 43.3 Å². The third kappa shape index (κ3) is 6.47. The number of carbonyl (C=O) groups excluding carboxylic acids is 2. The molecule has 150 valence electrons. The standard InChI is InChI=1S/C20H24N2O5S/c1-3-15(2)22-19(23)14-27-20(24)17-10-7-11-18(12-17)28(25,26)21-13-16-8-5-4-6-9-16/h4-12,15,21H,3,13-14H2,1-2H3,(H,22,23)/t15-/m0/s1. The maximum atomic E-state index is 12.5. The van der Waals surface area contributed by atoms with Gasteiger partial charge in [0.05, 0.1) is 10.5 Å². The van der Waals surface area contributed by atoms with E-state index in [4.69, 9.17) is 4.74 Å². The van der Waals surface area contributed by atoms with E-state index in [2.05, 4.69) is 10.0 Å². The fraction of sp³-hybridized carbons (Fsp3) is 0.300. The highest BCUT2D eigenvalue weighted by atomic mass is 32.2. The summed E-state index contributed by atoms with van der Waals surface area (Å²) in [6.45, 7) is 3.48. The minimum Gasteiger partial charge on any atom is -0.452 e. The van der Waals surface area contributed by atoms with Crippen molar-refractivity contribution < 1.29 is 22.7 Å². The van der Waals surface area contributed by atoms with Gasteiger partial charge in [0.15, 0.2) is 6.61 Å². The highest BCUT2D eigenvalue weighted by Crippen LogP contribution is 2.13. The third-order valence-electron chi connectivity index (χ3n) is 4.04. The average molecular weight is 404 g/mol. The van der Waals surface area contributed by atoms with Crippen LogP contribution in [0.2, 0.25) is 0 Å². The quantitative estimate of drug-likeness (QED) is 0.624. The third-order valence-corrected chi connectivity index (χ3v) is 5.44. The number of sulfonamides is 1. The Hall–Kier alpha value is -2.71. The molecule has 0 saturated carbocycles. The number of hydrogen-bond acceptors (Lipinski definition) is 5. The van der Waals surface area contributed by atoms with Gasteiger partial charge in [-0.2, -0.15) is 0 Å². The van der Waals surface area contributed by atoms with Crippen LogP contribution in [0.1, 0.15) is 36.2 Å². The smallest absolute Gasteiger partial charge is 0.338 e. The largest absolute Gasteiger partial charge is 0.452 e. The molecule has 7 nitrogen and oxygen atoms in total. The number of rotatable bonds is 9. The van der Waals surface area contributed by atoms with Crippen molar-refractivity contribution in [3.63, 3.8) is 0 Å². The Morgan fingerprint density at radius 3 is 2.46 bits per heavy atom. The van der Waals surface area contributed by atoms with Gasteiger partial charge in [-0.25, -0.2) is 17.9 Å². The van der Waals surface area contributed by atoms with Crippen LogP contribution in [-0.4, -0.2) is 32.9 Å². The number of amides is 1. The molecular formula is C20H24N2O5S. The summed E-state index contributed by atoms with van der Waals surface area (Å²) in [5, 5.41) is 2.68. The lowest BCUT2D eigenvalue weighted by atomic mass is 10.2. The van der Waals surface area contributed by atoms with Crippen LogP contribution in [0.15, 0.2) is 59.5 Å². The second-order valence-corrected chi connectivity index (χ2v) is 8.06. The SMILES string of the molecule is CC[C@H](C)NC(=O)COC(=O)c1cccc(S(=O)(=O)NCc2ccccc2)c1. The number of benzene rings is 2. The molecule has 0 fully saturated rings. The monoisotopic (exact) mass is 404 g/mol. The Balaban J connectivity index is 2.00. The van der Waals surface area contributed by atoms with E-state index in [1.54, 1.807) is 12.1 Å². The van der Waals surface area contributed by atoms with E-state index in [0.717, 1.165) is 12.0 Å². The number of esters is 1. The Kier molecular flexibility index (Phi) is 7.71. The molecule has 0 aromatic heterocycles. The first-order valence-corrected chi connectivity index (χ1v) is 10.4. The predicted octanol–water partition coefficient (Wildman–Crippen LogP) is 2.24. The van der Waals surface area contributed by atoms with Crippen molar-refractivity contribution in [2.45, 2.75) is 37.8 Å². The summed E-state index contributed by atoms with van der Waals surface area (Å²) in [6.07, 6.45) is 0.759. The van der Waals surface area contributed by atoms with Crippen LogP contribution in [-0.2, 0) is 26.1 Å². The highest BCUT2D eigenvalue weighted by Gasteiger charge is 2.17. The van der Waals surface area contributed by atoms with Crippen molar-refractivity contribution in [1.29, 1.82) is 0 Å². The summed E-state index contributed by atoms with van der Waals surface area (Å²) in [6, 6.07) is 14.6. The van der Waals surface area contributed by atoms with Crippen LogP contribution in [0.3, 0.4) is 0 Å². The van der Waals surface area contributed by atoms with Gasteiger partial charge < -0.3 is 10.1 Å². The fourth-order valence-corrected chi connectivity index (χ4v) is 3.34. The zero-order valence-electron chi connectivity index (χ0n) is 15.8. The minimum absolute atomic E-state index is 0.0182. The van der Waals surface area contributed by atoms with Crippen molar-refractivity contribution in [3.8, 4) is 0 Å². The van der Waals surface area contributed by atoms with Crippen LogP contribution < -0.4 is 10.0 Å². The van der Waals surface area contributed by atoms with Crippen LogP contribution in [0.5, 0.6) is 0 Å². The summed E-state index contributed by atoms with van der Waals surface area (Å²) < 4.78 is 32.4. The maximum Gasteiger partial charge on any atom is 0.338 e. The molecule has 0 unspecified atom stereocenters. The lowest BCUT2D eigenvalue weighted by Crippen LogP contribution is -2.35. The van der Waals surface area contributed by atoms with Crippen LogP contribution in [0.25, 0.3) is 0 Å². The topological polar surface area (TPSA) is 102 Å². The molecule has 0 spiro atoms. The summed E-state index contributed by atoms with van der Waals surface area (Å²) in [5.74, 6) is -1.17. The minimum atomic E-state index is -3.80. The molecule has 0 saturated heterocycles. The number of hydrogen-bond donors (Lipinski definition) is 2. The summed E-state index contributed by atoms with van der Waals surface area (Å²) in [7, 11) is -3.80. The van der Waals surface area contributed by atoms with Crippen molar-refractivity contribution in [2.24, 2.45) is 0 Å². The summed E-state index contributed by atoms with van der Waals surface area (Å²) in [4.78, 5) is 23.8. The second-order valence-electron chi connectivity index (χ2n) is 6.29. The Labute approximate surface area is 165 Å². The Morgan fingerprint density at radius 2 is 1.79 bits per heavy atom. The van der Waals surface area contributed by atoms with Crippen molar-refractivity contribution in [3.05, 3.63) is 65.7 Å². The average Bonchev–Trinajstić information content (AvgIpc) is 2.71. The lowest BCUT2D eigenvalue weighted by molar-refractivity contribution is -0.124. The van der Waals surface area contributed by atoms with Gasteiger partial charge in [0.1, 0.15) is 0 Å². The molecule has 1 amide bonds. The molecule has 2 aromatic rings. The molecule has 0 aliphatic carbocycles. The lowest BCUT2D eigenvalue weighted by Gasteiger charge is -2.12. The van der Waals surface area contributed by atoms with Gasteiger partial charge in [-0.3, -0.25) is 4.79 Å². The van der Waals surface area contributed by atoms with Gasteiger partial charge in [0, 0.05) is 12.6 Å². The van der Waals surface area contributed by atoms with Gasteiger partial charge in [0.25, 0.3) is 5.91 Å². The Bertz CT molecular complexity index is 913. The number of carbonyl (C=O) groups is 2. The van der Waals surface area contributed by atoms with Crippen molar-refractivity contribution in [1.82, 2.24) is 10.0 Å². The molecule has 0 bridgehead atoms. The number of ether oxygens (including phenoxy) is 1. The zero-order chi connectivity index (χ0) is 20.6. The van der Waals surface area contributed by atoms with E-state index in [0.29, 0.717) is 0 Å². The van der Waals surface area contributed by atoms with Crippen molar-refractivity contribution >= 4 is 21.9 Å². The fourth-order valence-electron chi connectivity index (χ4n) is 2.28. The molecule has 0 aliphatic rings. The van der Waals surface area contributed by atoms with Gasteiger partial charge in [-0.05, 0) is 37.1 Å². The molecule has 0 heterocycles. The first-order chi connectivity index (χ1) is 13.3. The summed E-state index contributed by atoms with van der Waals surface area (Å²) >= 11 is 0. The van der Waals surface area contributed by atoms with Crippen LogP contribution in [0.4, 0.5) is 0 Å². The predicted molar refractivity (Wildman–Crippen MR) is 105 cm³/mol. The van der Waals surface area contributed by atoms with Gasteiger partial charge >= 0.3 is 5.97 Å². The molecule has 1 atom stereocenters. The van der Waals surface area contributed by atoms with Gasteiger partial charge in [0.2, 0.25) is 10.0 Å². The van der Waals surface area contributed by atoms with Crippen LogP contribution >= 0.6 is 0 Å². The first-order valence-electron chi connectivity index (χ1n) is 8.92. The molecule has 8 heteroatoms. The van der Waals surface area contributed by atoms with E-state index in [9.17, 15) is 18.0 Å². The number of nitrogens with one attached hydrogen (secondary N) is 2. The highest BCUT2D eigenvalue weighted by molar-refractivity contribution is 7.89.